The lowest BCUT2D eigenvalue weighted by Gasteiger charge is -2.41. The monoisotopic (exact) mass is 397 g/mol. The van der Waals surface area contributed by atoms with Crippen LogP contribution in [0.1, 0.15) is 44.7 Å². The molecule has 1 N–H and O–H groups in total. The van der Waals surface area contributed by atoms with Gasteiger partial charge in [0.25, 0.3) is 0 Å². The largest absolute Gasteiger partial charge is 0.385 e. The quantitative estimate of drug-likeness (QED) is 0.746. The van der Waals surface area contributed by atoms with Gasteiger partial charge in [-0.25, -0.2) is 9.86 Å². The molecule has 148 valence electrons. The Morgan fingerprint density at radius 1 is 1.14 bits per heavy atom. The van der Waals surface area contributed by atoms with E-state index in [2.05, 4.69) is 31.2 Å². The van der Waals surface area contributed by atoms with Crippen molar-refractivity contribution < 1.29 is 14.7 Å². The molecule has 1 aliphatic heterocycles. The maximum Gasteiger partial charge on any atom is 0.148 e. The van der Waals surface area contributed by atoms with Crippen LogP contribution in [0.15, 0.2) is 64.0 Å². The van der Waals surface area contributed by atoms with E-state index in [4.69, 9.17) is 4.84 Å². The summed E-state index contributed by atoms with van der Waals surface area (Å²) in [7, 11) is 0. The summed E-state index contributed by atoms with van der Waals surface area (Å²) >= 11 is 1.62. The van der Waals surface area contributed by atoms with Crippen molar-refractivity contribution >= 4 is 17.7 Å². The molecule has 1 atom stereocenters. The molecule has 2 aromatic carbocycles. The lowest BCUT2D eigenvalue weighted by molar-refractivity contribution is -0.227. The number of benzene rings is 2. The maximum atomic E-state index is 11.6. The number of rotatable bonds is 4. The second kappa shape index (κ2) is 8.14. The van der Waals surface area contributed by atoms with Crippen LogP contribution in [-0.4, -0.2) is 28.3 Å². The van der Waals surface area contributed by atoms with Crippen LogP contribution < -0.4 is 0 Å². The van der Waals surface area contributed by atoms with Crippen molar-refractivity contribution in [3.63, 3.8) is 0 Å². The Kier molecular flexibility index (Phi) is 6.01. The van der Waals surface area contributed by atoms with E-state index in [-0.39, 0.29) is 6.42 Å². The molecule has 0 amide bonds. The SMILES string of the molecule is Cc1ccc(Sc2ccccc2C2(O)CCN(OC(C)(C)C)C(=C=O)C2)cc1. The lowest BCUT2D eigenvalue weighted by Crippen LogP contribution is -2.44. The van der Waals surface area contributed by atoms with E-state index < -0.39 is 11.2 Å². The van der Waals surface area contributed by atoms with Crippen LogP contribution in [-0.2, 0) is 15.2 Å². The summed E-state index contributed by atoms with van der Waals surface area (Å²) in [4.78, 5) is 19.6. The molecule has 0 radical (unpaired) electrons. The van der Waals surface area contributed by atoms with Crippen LogP contribution in [0, 0.1) is 6.92 Å². The number of nitrogens with zero attached hydrogens (tertiary/aromatic N) is 1. The second-order valence-electron chi connectivity index (χ2n) is 8.22. The molecule has 0 bridgehead atoms. The van der Waals surface area contributed by atoms with Gasteiger partial charge in [0.1, 0.15) is 11.6 Å². The van der Waals surface area contributed by atoms with Crippen LogP contribution in [0.4, 0.5) is 0 Å². The zero-order chi connectivity index (χ0) is 20.4. The van der Waals surface area contributed by atoms with Crippen molar-refractivity contribution in [3.05, 3.63) is 65.4 Å². The highest BCUT2D eigenvalue weighted by Crippen LogP contribution is 2.43. The molecular formula is C23H27NO3S. The Labute approximate surface area is 171 Å². The standard InChI is InChI=1S/C23H27NO3S/c1-17-9-11-19(12-10-17)28-21-8-6-5-7-20(21)23(26)13-14-24(18(15-23)16-25)27-22(2,3)4/h5-12,26H,13-15H2,1-4H3. The minimum absolute atomic E-state index is 0.179. The van der Waals surface area contributed by atoms with Crippen LogP contribution in [0.2, 0.25) is 0 Å². The number of piperidine rings is 1. The van der Waals surface area contributed by atoms with Gasteiger partial charge < -0.3 is 5.11 Å². The highest BCUT2D eigenvalue weighted by molar-refractivity contribution is 7.99. The average Bonchev–Trinajstić information content (AvgIpc) is 2.64. The first-order valence-corrected chi connectivity index (χ1v) is 10.3. The van der Waals surface area contributed by atoms with Gasteiger partial charge in [0, 0.05) is 29.2 Å². The summed E-state index contributed by atoms with van der Waals surface area (Å²) in [6, 6.07) is 16.2. The number of aryl methyl sites for hydroxylation is 1. The van der Waals surface area contributed by atoms with E-state index in [1.807, 2.05) is 51.0 Å². The smallest absolute Gasteiger partial charge is 0.148 e. The molecule has 4 nitrogen and oxygen atoms in total. The normalized spacial score (nSPS) is 20.2. The molecule has 0 saturated carbocycles. The fourth-order valence-electron chi connectivity index (χ4n) is 3.30. The van der Waals surface area contributed by atoms with E-state index in [1.54, 1.807) is 16.8 Å². The van der Waals surface area contributed by atoms with E-state index >= 15 is 0 Å². The number of hydrogen-bond donors (Lipinski definition) is 1. The van der Waals surface area contributed by atoms with Crippen molar-refractivity contribution in [1.29, 1.82) is 0 Å². The van der Waals surface area contributed by atoms with Crippen LogP contribution in [0.5, 0.6) is 0 Å². The molecule has 1 fully saturated rings. The number of aliphatic hydroxyl groups is 1. The van der Waals surface area contributed by atoms with Crippen LogP contribution in [0.25, 0.3) is 0 Å². The highest BCUT2D eigenvalue weighted by Gasteiger charge is 2.40. The average molecular weight is 398 g/mol. The van der Waals surface area contributed by atoms with E-state index in [1.165, 1.54) is 5.56 Å². The third-order valence-corrected chi connectivity index (χ3v) is 5.71. The molecule has 28 heavy (non-hydrogen) atoms. The predicted molar refractivity (Wildman–Crippen MR) is 112 cm³/mol. The summed E-state index contributed by atoms with van der Waals surface area (Å²) in [6.07, 6.45) is 0.651. The first-order valence-electron chi connectivity index (χ1n) is 9.47. The summed E-state index contributed by atoms with van der Waals surface area (Å²) < 4.78 is 0. The van der Waals surface area contributed by atoms with E-state index in [0.29, 0.717) is 18.7 Å². The third kappa shape index (κ3) is 4.86. The molecule has 5 heteroatoms. The van der Waals surface area contributed by atoms with Gasteiger partial charge in [0.2, 0.25) is 0 Å². The van der Waals surface area contributed by atoms with Crippen molar-refractivity contribution in [3.8, 4) is 0 Å². The summed E-state index contributed by atoms with van der Waals surface area (Å²) in [5, 5.41) is 13.0. The van der Waals surface area contributed by atoms with Crippen molar-refractivity contribution in [2.45, 2.75) is 61.5 Å². The van der Waals surface area contributed by atoms with Crippen molar-refractivity contribution in [1.82, 2.24) is 5.06 Å². The van der Waals surface area contributed by atoms with Gasteiger partial charge in [0.05, 0.1) is 11.2 Å². The molecular weight excluding hydrogens is 370 g/mol. The van der Waals surface area contributed by atoms with Gasteiger partial charge in [-0.05, 0) is 51.5 Å². The number of carbonyl (C=O) groups excluding carboxylic acids is 1. The zero-order valence-corrected chi connectivity index (χ0v) is 17.7. The Bertz CT molecular complexity index is 881. The molecule has 1 unspecified atom stereocenters. The molecule has 0 spiro atoms. The predicted octanol–water partition coefficient (Wildman–Crippen LogP) is 4.88. The molecule has 1 saturated heterocycles. The highest BCUT2D eigenvalue weighted by atomic mass is 32.2. The van der Waals surface area contributed by atoms with Gasteiger partial charge >= 0.3 is 0 Å². The molecule has 0 aromatic heterocycles. The molecule has 1 aliphatic rings. The minimum Gasteiger partial charge on any atom is -0.385 e. The van der Waals surface area contributed by atoms with Gasteiger partial charge in [-0.1, -0.05) is 47.7 Å². The molecule has 0 aliphatic carbocycles. The van der Waals surface area contributed by atoms with Gasteiger partial charge in [-0.2, -0.15) is 0 Å². The van der Waals surface area contributed by atoms with Crippen LogP contribution in [0.3, 0.4) is 0 Å². The minimum atomic E-state index is -1.13. The van der Waals surface area contributed by atoms with Crippen molar-refractivity contribution in [2.75, 3.05) is 6.54 Å². The molecule has 3 rings (SSSR count). The Morgan fingerprint density at radius 2 is 1.82 bits per heavy atom. The second-order valence-corrected chi connectivity index (χ2v) is 9.34. The third-order valence-electron chi connectivity index (χ3n) is 4.63. The van der Waals surface area contributed by atoms with Gasteiger partial charge in [-0.3, -0.25) is 4.84 Å². The maximum absolute atomic E-state index is 11.6. The first kappa shape index (κ1) is 20.7. The zero-order valence-electron chi connectivity index (χ0n) is 16.9. The lowest BCUT2D eigenvalue weighted by atomic mass is 9.83. The summed E-state index contributed by atoms with van der Waals surface area (Å²) in [6.45, 7) is 8.30. The summed E-state index contributed by atoms with van der Waals surface area (Å²) in [5.74, 6) is 1.98. The fourth-order valence-corrected chi connectivity index (χ4v) is 4.34. The molecule has 1 heterocycles. The van der Waals surface area contributed by atoms with Crippen molar-refractivity contribution in [2.24, 2.45) is 0 Å². The fraction of sp³-hybridized carbons (Fsp3) is 0.391. The van der Waals surface area contributed by atoms with Gasteiger partial charge in [0.15, 0.2) is 0 Å². The number of hydroxylamine groups is 2. The summed E-state index contributed by atoms with van der Waals surface area (Å²) in [5.41, 5.74) is 0.848. The van der Waals surface area contributed by atoms with Crippen LogP contribution >= 0.6 is 11.8 Å². The Morgan fingerprint density at radius 3 is 2.46 bits per heavy atom. The molecule has 2 aromatic rings. The van der Waals surface area contributed by atoms with E-state index in [0.717, 1.165) is 15.4 Å². The van der Waals surface area contributed by atoms with E-state index in [9.17, 15) is 9.90 Å². The van der Waals surface area contributed by atoms with Gasteiger partial charge in [-0.15, -0.1) is 0 Å². The first-order chi connectivity index (χ1) is 13.2. The number of hydrogen-bond acceptors (Lipinski definition) is 5. The topological polar surface area (TPSA) is 49.8 Å². The Hall–Kier alpha value is -2.04. The Balaban J connectivity index is 1.87.